The van der Waals surface area contributed by atoms with Gasteiger partial charge in [-0.25, -0.2) is 4.98 Å². The molecule has 1 aliphatic heterocycles. The van der Waals surface area contributed by atoms with Crippen molar-refractivity contribution in [3.63, 3.8) is 0 Å². The second-order valence-corrected chi connectivity index (χ2v) is 3.38. The van der Waals surface area contributed by atoms with Gasteiger partial charge >= 0.3 is 0 Å². The zero-order valence-corrected chi connectivity index (χ0v) is 8.23. The minimum atomic E-state index is 0. The summed E-state index contributed by atoms with van der Waals surface area (Å²) in [6, 6.07) is 0.264. The molecular formula is C6H9BrClN3. The molecule has 1 atom stereocenters. The van der Waals surface area contributed by atoms with Gasteiger partial charge in [0.2, 0.25) is 0 Å². The van der Waals surface area contributed by atoms with Gasteiger partial charge in [0, 0.05) is 19.0 Å². The highest BCUT2D eigenvalue weighted by Gasteiger charge is 2.20. The Kier molecular flexibility index (Phi) is 2.57. The molecule has 5 heteroatoms. The Morgan fingerprint density at radius 1 is 1.73 bits per heavy atom. The van der Waals surface area contributed by atoms with E-state index in [1.165, 1.54) is 0 Å². The molecule has 0 amide bonds. The van der Waals surface area contributed by atoms with Gasteiger partial charge in [-0.2, -0.15) is 0 Å². The molecule has 2 N–H and O–H groups in total. The maximum Gasteiger partial charge on any atom is 0.111 e. The first-order valence-electron chi connectivity index (χ1n) is 3.23. The molecule has 1 aromatic rings. The van der Waals surface area contributed by atoms with E-state index < -0.39 is 0 Å². The molecule has 62 valence electrons. The highest BCUT2D eigenvalue weighted by atomic mass is 79.9. The number of fused-ring (bicyclic) bond motifs is 1. The lowest BCUT2D eigenvalue weighted by Gasteiger charge is -1.98. The Bertz CT molecular complexity index is 260. The summed E-state index contributed by atoms with van der Waals surface area (Å²) in [7, 11) is 0. The normalized spacial score (nSPS) is 21.1. The third kappa shape index (κ3) is 1.43. The first-order chi connectivity index (χ1) is 4.77. The van der Waals surface area contributed by atoms with Crippen LogP contribution in [0.2, 0.25) is 0 Å². The van der Waals surface area contributed by atoms with Gasteiger partial charge < -0.3 is 10.3 Å². The van der Waals surface area contributed by atoms with Crippen LogP contribution in [0.5, 0.6) is 0 Å². The number of nitrogens with zero attached hydrogens (tertiary/aromatic N) is 2. The molecule has 1 aromatic heterocycles. The Labute approximate surface area is 79.5 Å². The molecule has 0 bridgehead atoms. The largest absolute Gasteiger partial charge is 0.326 e. The van der Waals surface area contributed by atoms with Gasteiger partial charge in [-0.05, 0) is 15.9 Å². The maximum absolute atomic E-state index is 5.72. The van der Waals surface area contributed by atoms with E-state index in [9.17, 15) is 0 Å². The van der Waals surface area contributed by atoms with Crippen LogP contribution in [0.4, 0.5) is 0 Å². The average Bonchev–Trinajstić information content (AvgIpc) is 2.35. The molecule has 2 heterocycles. The zero-order valence-electron chi connectivity index (χ0n) is 5.83. The van der Waals surface area contributed by atoms with Crippen LogP contribution in [0.15, 0.2) is 10.8 Å². The van der Waals surface area contributed by atoms with Crippen LogP contribution >= 0.6 is 28.3 Å². The SMILES string of the molecule is Cl.NC1Cc2ncc(Br)n2C1. The van der Waals surface area contributed by atoms with Crippen LogP contribution in [-0.2, 0) is 13.0 Å². The van der Waals surface area contributed by atoms with Gasteiger partial charge in [0.15, 0.2) is 0 Å². The average molecular weight is 239 g/mol. The lowest BCUT2D eigenvalue weighted by Crippen LogP contribution is -2.20. The molecule has 0 aliphatic carbocycles. The van der Waals surface area contributed by atoms with Crippen LogP contribution in [0.1, 0.15) is 5.82 Å². The van der Waals surface area contributed by atoms with E-state index in [-0.39, 0.29) is 18.4 Å². The summed E-state index contributed by atoms with van der Waals surface area (Å²) < 4.78 is 3.14. The van der Waals surface area contributed by atoms with E-state index in [0.29, 0.717) is 0 Å². The van der Waals surface area contributed by atoms with E-state index in [0.717, 1.165) is 23.4 Å². The van der Waals surface area contributed by atoms with Crippen molar-refractivity contribution in [1.29, 1.82) is 0 Å². The monoisotopic (exact) mass is 237 g/mol. The number of imidazole rings is 1. The van der Waals surface area contributed by atoms with Gasteiger partial charge in [-0.3, -0.25) is 0 Å². The maximum atomic E-state index is 5.72. The van der Waals surface area contributed by atoms with Gasteiger partial charge in [0.1, 0.15) is 10.4 Å². The summed E-state index contributed by atoms with van der Waals surface area (Å²) in [6.07, 6.45) is 2.73. The number of aromatic nitrogens is 2. The third-order valence-corrected chi connectivity index (χ3v) is 2.38. The predicted molar refractivity (Wildman–Crippen MR) is 48.9 cm³/mol. The molecule has 3 nitrogen and oxygen atoms in total. The Balaban J connectivity index is 0.000000605. The van der Waals surface area contributed by atoms with Gasteiger partial charge in [0.25, 0.3) is 0 Å². The minimum Gasteiger partial charge on any atom is -0.326 e. The molecular weight excluding hydrogens is 229 g/mol. The number of hydrogen-bond donors (Lipinski definition) is 1. The summed E-state index contributed by atoms with van der Waals surface area (Å²) in [5.41, 5.74) is 5.72. The molecule has 0 radical (unpaired) electrons. The number of halogens is 2. The summed E-state index contributed by atoms with van der Waals surface area (Å²) in [4.78, 5) is 4.18. The van der Waals surface area contributed by atoms with E-state index in [1.807, 2.05) is 6.20 Å². The minimum absolute atomic E-state index is 0. The second-order valence-electron chi connectivity index (χ2n) is 2.57. The zero-order chi connectivity index (χ0) is 7.14. The Hall–Kier alpha value is -0.0600. The molecule has 2 rings (SSSR count). The van der Waals surface area contributed by atoms with E-state index in [2.05, 4.69) is 25.5 Å². The van der Waals surface area contributed by atoms with Crippen LogP contribution in [0.25, 0.3) is 0 Å². The molecule has 0 fully saturated rings. The van der Waals surface area contributed by atoms with Crippen LogP contribution in [-0.4, -0.2) is 15.6 Å². The fourth-order valence-electron chi connectivity index (χ4n) is 1.28. The van der Waals surface area contributed by atoms with Crippen molar-refractivity contribution in [3.8, 4) is 0 Å². The van der Waals surface area contributed by atoms with Crippen LogP contribution in [0, 0.1) is 0 Å². The van der Waals surface area contributed by atoms with Crippen molar-refractivity contribution in [3.05, 3.63) is 16.6 Å². The van der Waals surface area contributed by atoms with Crippen molar-refractivity contribution in [2.24, 2.45) is 5.73 Å². The van der Waals surface area contributed by atoms with Gasteiger partial charge in [-0.15, -0.1) is 12.4 Å². The topological polar surface area (TPSA) is 43.8 Å². The molecule has 1 aliphatic rings. The lowest BCUT2D eigenvalue weighted by molar-refractivity contribution is 0.634. The van der Waals surface area contributed by atoms with Crippen LogP contribution < -0.4 is 5.73 Å². The van der Waals surface area contributed by atoms with Crippen molar-refractivity contribution >= 4 is 28.3 Å². The Morgan fingerprint density at radius 2 is 2.45 bits per heavy atom. The molecule has 1 unspecified atom stereocenters. The highest BCUT2D eigenvalue weighted by Crippen LogP contribution is 2.19. The first kappa shape index (κ1) is 9.03. The van der Waals surface area contributed by atoms with Crippen molar-refractivity contribution in [2.45, 2.75) is 19.0 Å². The van der Waals surface area contributed by atoms with E-state index in [4.69, 9.17) is 5.73 Å². The Morgan fingerprint density at radius 3 is 3.09 bits per heavy atom. The van der Waals surface area contributed by atoms with Gasteiger partial charge in [-0.1, -0.05) is 0 Å². The quantitative estimate of drug-likeness (QED) is 0.731. The van der Waals surface area contributed by atoms with Crippen molar-refractivity contribution in [1.82, 2.24) is 9.55 Å². The summed E-state index contributed by atoms with van der Waals surface area (Å²) in [6.45, 7) is 0.899. The fourth-order valence-corrected chi connectivity index (χ4v) is 1.73. The number of hydrogen-bond acceptors (Lipinski definition) is 2. The molecule has 0 saturated heterocycles. The van der Waals surface area contributed by atoms with Gasteiger partial charge in [0.05, 0.1) is 6.20 Å². The molecule has 0 spiro atoms. The predicted octanol–water partition coefficient (Wildman–Crippen LogP) is 0.951. The first-order valence-corrected chi connectivity index (χ1v) is 4.02. The highest BCUT2D eigenvalue weighted by molar-refractivity contribution is 9.10. The van der Waals surface area contributed by atoms with Crippen molar-refractivity contribution < 1.29 is 0 Å². The molecule has 11 heavy (non-hydrogen) atoms. The summed E-state index contributed by atoms with van der Waals surface area (Å²) >= 11 is 3.39. The fraction of sp³-hybridized carbons (Fsp3) is 0.500. The molecule has 0 saturated carbocycles. The van der Waals surface area contributed by atoms with E-state index in [1.54, 1.807) is 0 Å². The number of rotatable bonds is 0. The lowest BCUT2D eigenvalue weighted by atomic mass is 10.3. The summed E-state index contributed by atoms with van der Waals surface area (Å²) in [5.74, 6) is 1.10. The third-order valence-electron chi connectivity index (χ3n) is 1.75. The van der Waals surface area contributed by atoms with Crippen molar-refractivity contribution in [2.75, 3.05) is 0 Å². The second kappa shape index (κ2) is 3.13. The van der Waals surface area contributed by atoms with E-state index >= 15 is 0 Å². The van der Waals surface area contributed by atoms with Crippen LogP contribution in [0.3, 0.4) is 0 Å². The smallest absolute Gasteiger partial charge is 0.111 e. The standard InChI is InChI=1S/C6H8BrN3.ClH/c7-5-2-9-6-1-4(8)3-10(5)6;/h2,4H,1,3,8H2;1H. The molecule has 0 aromatic carbocycles. The summed E-state index contributed by atoms with van der Waals surface area (Å²) in [5, 5.41) is 0. The number of nitrogens with two attached hydrogens (primary N) is 1.